The van der Waals surface area contributed by atoms with Gasteiger partial charge in [-0.05, 0) is 40.0 Å². The molecule has 0 aliphatic carbocycles. The summed E-state index contributed by atoms with van der Waals surface area (Å²) >= 11 is 3.36. The Morgan fingerprint density at radius 3 is 2.65 bits per heavy atom. The number of halogens is 1. The van der Waals surface area contributed by atoms with Crippen LogP contribution in [0.3, 0.4) is 0 Å². The van der Waals surface area contributed by atoms with E-state index >= 15 is 0 Å². The van der Waals surface area contributed by atoms with Crippen LogP contribution in [0.2, 0.25) is 0 Å². The van der Waals surface area contributed by atoms with Crippen LogP contribution in [0.1, 0.15) is 25.3 Å². The van der Waals surface area contributed by atoms with Crippen molar-refractivity contribution < 1.29 is 9.47 Å². The molecule has 4 heteroatoms. The van der Waals surface area contributed by atoms with Crippen LogP contribution in [0.15, 0.2) is 22.7 Å². The van der Waals surface area contributed by atoms with Crippen molar-refractivity contribution in [1.29, 1.82) is 0 Å². The molecule has 1 rings (SSSR count). The molecule has 0 amide bonds. The lowest BCUT2D eigenvalue weighted by Gasteiger charge is -2.06. The minimum atomic E-state index is 0.578. The van der Waals surface area contributed by atoms with Gasteiger partial charge in [-0.1, -0.05) is 19.4 Å². The maximum Gasteiger partial charge on any atom is 0.0718 e. The van der Waals surface area contributed by atoms with E-state index in [1.807, 2.05) is 18.2 Å². The van der Waals surface area contributed by atoms with Crippen molar-refractivity contribution >= 4 is 21.6 Å². The summed E-state index contributed by atoms with van der Waals surface area (Å²) in [5.74, 6) is 0. The summed E-state index contributed by atoms with van der Waals surface area (Å²) in [5, 5.41) is 0. The van der Waals surface area contributed by atoms with Crippen LogP contribution in [-0.2, 0) is 16.1 Å². The Morgan fingerprint density at radius 1 is 1.18 bits per heavy atom. The van der Waals surface area contributed by atoms with Gasteiger partial charge in [0.05, 0.1) is 19.8 Å². The Kier molecular flexibility index (Phi) is 7.24. The first-order chi connectivity index (χ1) is 8.24. The predicted molar refractivity (Wildman–Crippen MR) is 73.9 cm³/mol. The molecule has 3 nitrogen and oxygen atoms in total. The van der Waals surface area contributed by atoms with E-state index in [1.54, 1.807) is 0 Å². The topological polar surface area (TPSA) is 44.5 Å². The molecule has 0 unspecified atom stereocenters. The largest absolute Gasteiger partial charge is 0.398 e. The van der Waals surface area contributed by atoms with Gasteiger partial charge in [-0.2, -0.15) is 0 Å². The van der Waals surface area contributed by atoms with E-state index in [-0.39, 0.29) is 0 Å². The first-order valence-corrected chi connectivity index (χ1v) is 6.72. The van der Waals surface area contributed by atoms with Gasteiger partial charge in [-0.3, -0.25) is 0 Å². The summed E-state index contributed by atoms with van der Waals surface area (Å²) in [6.45, 7) is 4.84. The highest BCUT2D eigenvalue weighted by Crippen LogP contribution is 2.20. The molecule has 0 saturated carbocycles. The smallest absolute Gasteiger partial charge is 0.0718 e. The molecule has 0 aliphatic rings. The maximum atomic E-state index is 5.78. The Labute approximate surface area is 111 Å². The van der Waals surface area contributed by atoms with Gasteiger partial charge in [0, 0.05) is 16.8 Å². The number of hydrogen-bond donors (Lipinski definition) is 1. The second-order valence-corrected chi connectivity index (χ2v) is 4.73. The monoisotopic (exact) mass is 301 g/mol. The Balaban J connectivity index is 2.11. The Morgan fingerprint density at radius 2 is 1.94 bits per heavy atom. The van der Waals surface area contributed by atoms with Crippen LogP contribution in [0.25, 0.3) is 0 Å². The number of hydrogen-bond acceptors (Lipinski definition) is 3. The molecule has 1 aromatic rings. The van der Waals surface area contributed by atoms with Gasteiger partial charge in [-0.25, -0.2) is 0 Å². The van der Waals surface area contributed by atoms with Crippen molar-refractivity contribution in [3.63, 3.8) is 0 Å². The number of ether oxygens (including phenoxy) is 2. The highest BCUT2D eigenvalue weighted by atomic mass is 79.9. The normalized spacial score (nSPS) is 10.7. The van der Waals surface area contributed by atoms with Crippen LogP contribution >= 0.6 is 15.9 Å². The third-order valence-corrected chi connectivity index (χ3v) is 3.07. The summed E-state index contributed by atoms with van der Waals surface area (Å²) in [4.78, 5) is 0. The minimum Gasteiger partial charge on any atom is -0.398 e. The first-order valence-electron chi connectivity index (χ1n) is 5.93. The van der Waals surface area contributed by atoms with E-state index in [0.29, 0.717) is 19.8 Å². The molecule has 1 aromatic carbocycles. The standard InChI is InChI=1S/C13H20BrNO2/c1-2-3-6-16-7-8-17-10-11-4-5-12(14)13(15)9-11/h4-5,9H,2-3,6-8,10,15H2,1H3. The average molecular weight is 302 g/mol. The number of nitrogens with two attached hydrogens (primary N) is 1. The summed E-state index contributed by atoms with van der Waals surface area (Å²) in [5.41, 5.74) is 7.60. The molecular formula is C13H20BrNO2. The third-order valence-electron chi connectivity index (χ3n) is 2.34. The fourth-order valence-corrected chi connectivity index (χ4v) is 1.59. The highest BCUT2D eigenvalue weighted by molar-refractivity contribution is 9.10. The molecular weight excluding hydrogens is 282 g/mol. The Bertz CT molecular complexity index is 331. The van der Waals surface area contributed by atoms with Gasteiger partial charge in [0.1, 0.15) is 0 Å². The van der Waals surface area contributed by atoms with Gasteiger partial charge in [0.15, 0.2) is 0 Å². The minimum absolute atomic E-state index is 0.578. The molecule has 0 heterocycles. The van der Waals surface area contributed by atoms with Crippen molar-refractivity contribution in [2.45, 2.75) is 26.4 Å². The molecule has 0 radical (unpaired) electrons. The second kappa shape index (κ2) is 8.50. The van der Waals surface area contributed by atoms with Crippen molar-refractivity contribution in [3.05, 3.63) is 28.2 Å². The van der Waals surface area contributed by atoms with Crippen LogP contribution in [0.4, 0.5) is 5.69 Å². The average Bonchev–Trinajstić information content (AvgIpc) is 2.32. The van der Waals surface area contributed by atoms with Crippen LogP contribution in [0, 0.1) is 0 Å². The molecule has 17 heavy (non-hydrogen) atoms. The van der Waals surface area contributed by atoms with Crippen molar-refractivity contribution in [1.82, 2.24) is 0 Å². The molecule has 0 fully saturated rings. The van der Waals surface area contributed by atoms with E-state index in [1.165, 1.54) is 6.42 Å². The SMILES string of the molecule is CCCCOCCOCc1ccc(Br)c(N)c1. The molecule has 0 saturated heterocycles. The van der Waals surface area contributed by atoms with E-state index < -0.39 is 0 Å². The predicted octanol–water partition coefficient (Wildman–Crippen LogP) is 3.36. The highest BCUT2D eigenvalue weighted by Gasteiger charge is 1.98. The molecule has 2 N–H and O–H groups in total. The van der Waals surface area contributed by atoms with Gasteiger partial charge >= 0.3 is 0 Å². The van der Waals surface area contributed by atoms with E-state index in [0.717, 1.165) is 28.8 Å². The molecule has 0 spiro atoms. The lowest BCUT2D eigenvalue weighted by Crippen LogP contribution is -2.05. The third kappa shape index (κ3) is 6.05. The van der Waals surface area contributed by atoms with Gasteiger partial charge in [-0.15, -0.1) is 0 Å². The second-order valence-electron chi connectivity index (χ2n) is 3.87. The van der Waals surface area contributed by atoms with Gasteiger partial charge in [0.25, 0.3) is 0 Å². The van der Waals surface area contributed by atoms with E-state index in [2.05, 4.69) is 22.9 Å². The number of nitrogen functional groups attached to an aromatic ring is 1. The molecule has 0 atom stereocenters. The number of anilines is 1. The van der Waals surface area contributed by atoms with Crippen LogP contribution < -0.4 is 5.73 Å². The van der Waals surface area contributed by atoms with Gasteiger partial charge < -0.3 is 15.2 Å². The van der Waals surface area contributed by atoms with E-state index in [9.17, 15) is 0 Å². The molecule has 0 aromatic heterocycles. The summed E-state index contributed by atoms with van der Waals surface area (Å²) in [7, 11) is 0. The summed E-state index contributed by atoms with van der Waals surface area (Å²) in [6.07, 6.45) is 2.28. The summed E-state index contributed by atoms with van der Waals surface area (Å²) < 4.78 is 11.8. The van der Waals surface area contributed by atoms with Crippen LogP contribution in [-0.4, -0.2) is 19.8 Å². The number of unbranched alkanes of at least 4 members (excludes halogenated alkanes) is 1. The number of benzene rings is 1. The Hall–Kier alpha value is -0.580. The molecule has 0 aliphatic heterocycles. The van der Waals surface area contributed by atoms with Crippen molar-refractivity contribution in [2.75, 3.05) is 25.6 Å². The zero-order valence-electron chi connectivity index (χ0n) is 10.2. The lowest BCUT2D eigenvalue weighted by atomic mass is 10.2. The lowest BCUT2D eigenvalue weighted by molar-refractivity contribution is 0.0397. The first kappa shape index (κ1) is 14.5. The fraction of sp³-hybridized carbons (Fsp3) is 0.538. The van der Waals surface area contributed by atoms with Crippen LogP contribution in [0.5, 0.6) is 0 Å². The quantitative estimate of drug-likeness (QED) is 0.591. The molecule has 0 bridgehead atoms. The summed E-state index contributed by atoms with van der Waals surface area (Å²) in [6, 6.07) is 5.85. The van der Waals surface area contributed by atoms with E-state index in [4.69, 9.17) is 15.2 Å². The zero-order chi connectivity index (χ0) is 12.5. The van der Waals surface area contributed by atoms with Crippen molar-refractivity contribution in [2.24, 2.45) is 0 Å². The number of rotatable bonds is 8. The van der Waals surface area contributed by atoms with Gasteiger partial charge in [0.2, 0.25) is 0 Å². The maximum absolute atomic E-state index is 5.78. The van der Waals surface area contributed by atoms with Crippen molar-refractivity contribution in [3.8, 4) is 0 Å². The zero-order valence-corrected chi connectivity index (χ0v) is 11.8. The fourth-order valence-electron chi connectivity index (χ4n) is 1.34. The molecule has 96 valence electrons.